The predicted octanol–water partition coefficient (Wildman–Crippen LogP) is 2.17. The Balaban J connectivity index is 1.72. The minimum absolute atomic E-state index is 0.419. The van der Waals surface area contributed by atoms with Crippen LogP contribution in [0.5, 0.6) is 0 Å². The zero-order chi connectivity index (χ0) is 13.9. The molecule has 19 heavy (non-hydrogen) atoms. The molecule has 0 radical (unpaired) electrons. The smallest absolute Gasteiger partial charge is 0.0109 e. The maximum Gasteiger partial charge on any atom is 0.0109 e. The Labute approximate surface area is 119 Å². The van der Waals surface area contributed by atoms with Gasteiger partial charge >= 0.3 is 0 Å². The normalized spacial score (nSPS) is 32.1. The topological polar surface area (TPSA) is 32.5 Å². The van der Waals surface area contributed by atoms with Gasteiger partial charge in [-0.15, -0.1) is 0 Å². The lowest BCUT2D eigenvalue weighted by atomic mass is 9.70. The summed E-state index contributed by atoms with van der Waals surface area (Å²) in [7, 11) is 2.27. The summed E-state index contributed by atoms with van der Waals surface area (Å²) in [4.78, 5) is 5.10. The summed E-state index contributed by atoms with van der Waals surface area (Å²) >= 11 is 0. The van der Waals surface area contributed by atoms with Crippen molar-refractivity contribution in [3.63, 3.8) is 0 Å². The molecule has 2 rings (SSSR count). The number of hydrogen-bond donors (Lipinski definition) is 1. The molecule has 1 aliphatic carbocycles. The summed E-state index contributed by atoms with van der Waals surface area (Å²) in [5.74, 6) is 0.687. The Hall–Kier alpha value is -0.120. The number of hydrogen-bond acceptors (Lipinski definition) is 3. The summed E-state index contributed by atoms with van der Waals surface area (Å²) in [6.07, 6.45) is 6.58. The van der Waals surface area contributed by atoms with Gasteiger partial charge in [-0.1, -0.05) is 13.8 Å². The molecule has 1 saturated heterocycles. The average molecular weight is 267 g/mol. The van der Waals surface area contributed by atoms with Crippen molar-refractivity contribution >= 4 is 0 Å². The highest BCUT2D eigenvalue weighted by molar-refractivity contribution is 4.88. The predicted molar refractivity (Wildman–Crippen MR) is 82.3 cm³/mol. The Morgan fingerprint density at radius 1 is 1.26 bits per heavy atom. The minimum atomic E-state index is 0.419. The van der Waals surface area contributed by atoms with E-state index in [1.807, 2.05) is 0 Å². The van der Waals surface area contributed by atoms with E-state index in [4.69, 9.17) is 5.73 Å². The van der Waals surface area contributed by atoms with Crippen LogP contribution in [0.25, 0.3) is 0 Å². The lowest BCUT2D eigenvalue weighted by Gasteiger charge is -2.41. The molecule has 3 heteroatoms. The monoisotopic (exact) mass is 267 g/mol. The van der Waals surface area contributed by atoms with E-state index in [0.717, 1.165) is 0 Å². The number of likely N-dealkylation sites (N-methyl/N-ethyl adjacent to an activating group) is 1. The van der Waals surface area contributed by atoms with Crippen LogP contribution in [-0.4, -0.2) is 55.6 Å². The molecule has 0 bridgehead atoms. The second-order valence-electron chi connectivity index (χ2n) is 7.64. The van der Waals surface area contributed by atoms with E-state index in [1.54, 1.807) is 0 Å². The van der Waals surface area contributed by atoms with Crippen LogP contribution in [0.4, 0.5) is 0 Å². The Morgan fingerprint density at radius 2 is 1.95 bits per heavy atom. The molecule has 2 unspecified atom stereocenters. The van der Waals surface area contributed by atoms with Crippen molar-refractivity contribution in [1.82, 2.24) is 9.80 Å². The molecule has 0 spiro atoms. The highest BCUT2D eigenvalue weighted by atomic mass is 15.2. The van der Waals surface area contributed by atoms with Crippen molar-refractivity contribution in [2.24, 2.45) is 17.1 Å². The second kappa shape index (κ2) is 6.55. The molecule has 1 heterocycles. The fraction of sp³-hybridized carbons (Fsp3) is 1.00. The Morgan fingerprint density at radius 3 is 2.63 bits per heavy atom. The highest BCUT2D eigenvalue weighted by Crippen LogP contribution is 2.38. The molecule has 2 atom stereocenters. The number of nitrogens with zero attached hydrogens (tertiary/aromatic N) is 2. The van der Waals surface area contributed by atoms with Gasteiger partial charge in [-0.05, 0) is 63.6 Å². The van der Waals surface area contributed by atoms with Gasteiger partial charge in [-0.2, -0.15) is 0 Å². The standard InChI is InChI=1S/C16H33N3/c1-16(2)7-6-15(17)14(12-16)13-18(3)10-11-19-8-4-5-9-19/h14-15H,4-13,17H2,1-3H3. The van der Waals surface area contributed by atoms with E-state index < -0.39 is 0 Å². The highest BCUT2D eigenvalue weighted by Gasteiger charge is 2.33. The molecule has 3 nitrogen and oxygen atoms in total. The maximum absolute atomic E-state index is 6.33. The Kier molecular flexibility index (Phi) is 5.27. The molecule has 2 fully saturated rings. The molecule has 0 aromatic rings. The van der Waals surface area contributed by atoms with Crippen molar-refractivity contribution in [3.05, 3.63) is 0 Å². The van der Waals surface area contributed by atoms with Gasteiger partial charge in [0.2, 0.25) is 0 Å². The van der Waals surface area contributed by atoms with Crippen molar-refractivity contribution in [2.75, 3.05) is 39.8 Å². The first kappa shape index (κ1) is 15.3. The molecule has 0 amide bonds. The molecule has 112 valence electrons. The van der Waals surface area contributed by atoms with E-state index in [9.17, 15) is 0 Å². The van der Waals surface area contributed by atoms with Gasteiger partial charge in [-0.3, -0.25) is 0 Å². The fourth-order valence-electron chi connectivity index (χ4n) is 3.77. The SMILES string of the molecule is CN(CCN1CCCC1)CC1CC(C)(C)CCC1N. The molecule has 2 N–H and O–H groups in total. The second-order valence-corrected chi connectivity index (χ2v) is 7.64. The fourth-order valence-corrected chi connectivity index (χ4v) is 3.77. The van der Waals surface area contributed by atoms with Crippen molar-refractivity contribution in [2.45, 2.75) is 52.0 Å². The summed E-state index contributed by atoms with van der Waals surface area (Å²) in [6.45, 7) is 11.0. The van der Waals surface area contributed by atoms with Crippen LogP contribution in [-0.2, 0) is 0 Å². The van der Waals surface area contributed by atoms with Crippen LogP contribution >= 0.6 is 0 Å². The first-order valence-electron chi connectivity index (χ1n) is 8.13. The first-order chi connectivity index (χ1) is 8.96. The molecular weight excluding hydrogens is 234 g/mol. The van der Waals surface area contributed by atoms with Crippen molar-refractivity contribution in [1.29, 1.82) is 0 Å². The summed E-state index contributed by atoms with van der Waals surface area (Å²) in [6, 6.07) is 0.419. The van der Waals surface area contributed by atoms with Gasteiger partial charge in [0.05, 0.1) is 0 Å². The van der Waals surface area contributed by atoms with Crippen LogP contribution in [0.1, 0.15) is 46.0 Å². The summed E-state index contributed by atoms with van der Waals surface area (Å²) in [5, 5.41) is 0. The van der Waals surface area contributed by atoms with Crippen molar-refractivity contribution in [3.8, 4) is 0 Å². The van der Waals surface area contributed by atoms with Gasteiger partial charge in [0, 0.05) is 25.7 Å². The molecular formula is C16H33N3. The largest absolute Gasteiger partial charge is 0.327 e. The van der Waals surface area contributed by atoms with Gasteiger partial charge in [0.15, 0.2) is 0 Å². The van der Waals surface area contributed by atoms with E-state index >= 15 is 0 Å². The number of nitrogens with two attached hydrogens (primary N) is 1. The Bertz CT molecular complexity index is 271. The summed E-state index contributed by atoms with van der Waals surface area (Å²) < 4.78 is 0. The van der Waals surface area contributed by atoms with E-state index in [-0.39, 0.29) is 0 Å². The zero-order valence-electron chi connectivity index (χ0n) is 13.2. The molecule has 2 aliphatic rings. The van der Waals surface area contributed by atoms with Crippen LogP contribution in [0, 0.1) is 11.3 Å². The number of likely N-dealkylation sites (tertiary alicyclic amines) is 1. The quantitative estimate of drug-likeness (QED) is 0.828. The third kappa shape index (κ3) is 4.73. The molecule has 1 saturated carbocycles. The zero-order valence-corrected chi connectivity index (χ0v) is 13.2. The third-order valence-corrected chi connectivity index (χ3v) is 5.12. The lowest BCUT2D eigenvalue weighted by molar-refractivity contribution is 0.120. The van der Waals surface area contributed by atoms with Gasteiger partial charge < -0.3 is 15.5 Å². The maximum atomic E-state index is 6.33. The minimum Gasteiger partial charge on any atom is -0.327 e. The van der Waals surface area contributed by atoms with Crippen LogP contribution in [0.2, 0.25) is 0 Å². The van der Waals surface area contributed by atoms with Crippen LogP contribution in [0.3, 0.4) is 0 Å². The van der Waals surface area contributed by atoms with Gasteiger partial charge in [-0.25, -0.2) is 0 Å². The van der Waals surface area contributed by atoms with E-state index in [1.165, 1.54) is 64.8 Å². The van der Waals surface area contributed by atoms with Crippen molar-refractivity contribution < 1.29 is 0 Å². The molecule has 0 aromatic carbocycles. The van der Waals surface area contributed by atoms with Crippen LogP contribution < -0.4 is 5.73 Å². The molecule has 1 aliphatic heterocycles. The van der Waals surface area contributed by atoms with Gasteiger partial charge in [0.25, 0.3) is 0 Å². The average Bonchev–Trinajstić information content (AvgIpc) is 2.84. The first-order valence-corrected chi connectivity index (χ1v) is 8.13. The van der Waals surface area contributed by atoms with E-state index in [0.29, 0.717) is 17.4 Å². The summed E-state index contributed by atoms with van der Waals surface area (Å²) in [5.41, 5.74) is 6.83. The van der Waals surface area contributed by atoms with Gasteiger partial charge in [0.1, 0.15) is 0 Å². The lowest BCUT2D eigenvalue weighted by Crippen LogP contribution is -2.45. The third-order valence-electron chi connectivity index (χ3n) is 5.12. The number of rotatable bonds is 5. The molecule has 0 aromatic heterocycles. The van der Waals surface area contributed by atoms with Crippen LogP contribution in [0.15, 0.2) is 0 Å². The van der Waals surface area contributed by atoms with E-state index in [2.05, 4.69) is 30.7 Å².